The van der Waals surface area contributed by atoms with Crippen molar-refractivity contribution in [3.63, 3.8) is 0 Å². The molecule has 0 bridgehead atoms. The molecule has 0 amide bonds. The molecule has 0 saturated carbocycles. The van der Waals surface area contributed by atoms with Gasteiger partial charge in [-0.1, -0.05) is 17.3 Å². The molecule has 0 spiro atoms. The Hall–Kier alpha value is -1.84. The molecule has 20 heavy (non-hydrogen) atoms. The van der Waals surface area contributed by atoms with Crippen LogP contribution in [0.5, 0.6) is 0 Å². The molecule has 8 nitrogen and oxygen atoms in total. The topological polar surface area (TPSA) is 97.2 Å². The van der Waals surface area contributed by atoms with Crippen LogP contribution in [0.2, 0.25) is 0 Å². The second kappa shape index (κ2) is 5.65. The van der Waals surface area contributed by atoms with Gasteiger partial charge in [-0.15, -0.1) is 5.10 Å². The summed E-state index contributed by atoms with van der Waals surface area (Å²) in [6.07, 6.45) is 0. The summed E-state index contributed by atoms with van der Waals surface area (Å²) >= 11 is 0. The Kier molecular flexibility index (Phi) is 4.12. The average Bonchev–Trinajstić information content (AvgIpc) is 2.41. The number of benzene rings is 1. The summed E-state index contributed by atoms with van der Waals surface area (Å²) in [5.41, 5.74) is 0.224. The van der Waals surface area contributed by atoms with Crippen LogP contribution in [-0.2, 0) is 16.8 Å². The third-order valence-corrected chi connectivity index (χ3v) is 4.25. The van der Waals surface area contributed by atoms with Crippen LogP contribution in [0.1, 0.15) is 0 Å². The number of hydrogen-bond donors (Lipinski definition) is 1. The minimum atomic E-state index is -3.50. The molecule has 1 heterocycles. The molecule has 0 radical (unpaired) electrons. The second-order valence-electron chi connectivity index (χ2n) is 4.32. The average molecular weight is 297 g/mol. The van der Waals surface area contributed by atoms with Crippen LogP contribution in [0.3, 0.4) is 0 Å². The molecular formula is C11H15N5O3S. The van der Waals surface area contributed by atoms with Crippen molar-refractivity contribution >= 4 is 21.1 Å². The van der Waals surface area contributed by atoms with Gasteiger partial charge in [-0.3, -0.25) is 4.79 Å². The maximum Gasteiger partial charge on any atom is 0.278 e. The summed E-state index contributed by atoms with van der Waals surface area (Å²) in [6, 6.07) is 6.87. The van der Waals surface area contributed by atoms with Gasteiger partial charge in [0.25, 0.3) is 15.8 Å². The Morgan fingerprint density at radius 2 is 2.00 bits per heavy atom. The molecule has 0 atom stereocenters. The highest BCUT2D eigenvalue weighted by atomic mass is 32.2. The lowest BCUT2D eigenvalue weighted by atomic mass is 10.2. The molecule has 108 valence electrons. The quantitative estimate of drug-likeness (QED) is 0.778. The fraction of sp³-hybridized carbons (Fsp3) is 0.364. The zero-order valence-electron chi connectivity index (χ0n) is 11.1. The van der Waals surface area contributed by atoms with Gasteiger partial charge in [0.15, 0.2) is 0 Å². The van der Waals surface area contributed by atoms with Gasteiger partial charge in [0, 0.05) is 20.6 Å². The first-order valence-corrected chi connectivity index (χ1v) is 7.35. The minimum absolute atomic E-state index is 0.0629. The van der Waals surface area contributed by atoms with Crippen LogP contribution < -0.4 is 10.3 Å². The fourth-order valence-corrected chi connectivity index (χ4v) is 2.19. The van der Waals surface area contributed by atoms with Gasteiger partial charge >= 0.3 is 0 Å². The lowest BCUT2D eigenvalue weighted by Crippen LogP contribution is -2.38. The molecule has 9 heteroatoms. The molecule has 0 fully saturated rings. The number of fused-ring (bicyclic) bond motifs is 1. The molecule has 2 aromatic rings. The van der Waals surface area contributed by atoms with E-state index in [2.05, 4.69) is 15.0 Å². The van der Waals surface area contributed by atoms with Gasteiger partial charge in [-0.05, 0) is 12.1 Å². The molecule has 0 aliphatic carbocycles. The van der Waals surface area contributed by atoms with Gasteiger partial charge in [-0.25, -0.2) is 9.40 Å². The molecule has 0 unspecified atom stereocenters. The van der Waals surface area contributed by atoms with E-state index in [-0.39, 0.29) is 18.6 Å². The third-order valence-electron chi connectivity index (χ3n) is 2.72. The molecule has 1 aromatic carbocycles. The predicted octanol–water partition coefficient (Wildman–Crippen LogP) is -0.812. The van der Waals surface area contributed by atoms with Crippen molar-refractivity contribution in [3.05, 3.63) is 34.6 Å². The lowest BCUT2D eigenvalue weighted by Gasteiger charge is -2.12. The van der Waals surface area contributed by atoms with Gasteiger partial charge in [-0.2, -0.15) is 12.7 Å². The minimum Gasteiger partial charge on any atom is -0.267 e. The smallest absolute Gasteiger partial charge is 0.267 e. The van der Waals surface area contributed by atoms with Crippen molar-refractivity contribution < 1.29 is 8.42 Å². The number of nitrogens with one attached hydrogen (secondary N) is 1. The summed E-state index contributed by atoms with van der Waals surface area (Å²) in [5.74, 6) is 0. The maximum atomic E-state index is 12.1. The largest absolute Gasteiger partial charge is 0.278 e. The Balaban J connectivity index is 2.16. The number of rotatable bonds is 5. The van der Waals surface area contributed by atoms with Crippen LogP contribution in [-0.4, -0.2) is 48.4 Å². The normalized spacial score (nSPS) is 12.2. The molecule has 0 saturated heterocycles. The van der Waals surface area contributed by atoms with Crippen molar-refractivity contribution in [2.24, 2.45) is 0 Å². The van der Waals surface area contributed by atoms with Crippen LogP contribution in [0.4, 0.5) is 0 Å². The molecule has 2 rings (SSSR count). The highest BCUT2D eigenvalue weighted by Gasteiger charge is 2.12. The number of aromatic nitrogens is 3. The van der Waals surface area contributed by atoms with Crippen molar-refractivity contribution in [3.8, 4) is 0 Å². The summed E-state index contributed by atoms with van der Waals surface area (Å²) in [6.45, 7) is 0.178. The SMILES string of the molecule is CN(C)S(=O)(=O)NCCn1nnc2ccccc2c1=O. The summed E-state index contributed by atoms with van der Waals surface area (Å²) < 4.78 is 27.6. The Bertz CT molecular complexity index is 769. The van der Waals surface area contributed by atoms with E-state index in [1.54, 1.807) is 24.3 Å². The summed E-state index contributed by atoms with van der Waals surface area (Å²) in [5, 5.41) is 8.15. The third kappa shape index (κ3) is 3.00. The lowest BCUT2D eigenvalue weighted by molar-refractivity contribution is 0.490. The van der Waals surface area contributed by atoms with E-state index in [1.165, 1.54) is 14.1 Å². The van der Waals surface area contributed by atoms with Crippen molar-refractivity contribution in [2.75, 3.05) is 20.6 Å². The van der Waals surface area contributed by atoms with Crippen LogP contribution in [0.15, 0.2) is 29.1 Å². The first kappa shape index (κ1) is 14.6. The highest BCUT2D eigenvalue weighted by molar-refractivity contribution is 7.87. The molecular weight excluding hydrogens is 282 g/mol. The molecule has 1 N–H and O–H groups in total. The van der Waals surface area contributed by atoms with Crippen LogP contribution in [0, 0.1) is 0 Å². The van der Waals surface area contributed by atoms with E-state index in [4.69, 9.17) is 0 Å². The van der Waals surface area contributed by atoms with E-state index >= 15 is 0 Å². The van der Waals surface area contributed by atoms with Gasteiger partial charge in [0.2, 0.25) is 0 Å². The van der Waals surface area contributed by atoms with E-state index in [0.717, 1.165) is 8.99 Å². The van der Waals surface area contributed by atoms with E-state index in [1.807, 2.05) is 0 Å². The Labute approximate surface area is 116 Å². The van der Waals surface area contributed by atoms with Crippen molar-refractivity contribution in [1.82, 2.24) is 24.0 Å². The maximum absolute atomic E-state index is 12.1. The van der Waals surface area contributed by atoms with Gasteiger partial charge in [0.05, 0.1) is 11.9 Å². The molecule has 1 aromatic heterocycles. The van der Waals surface area contributed by atoms with Crippen LogP contribution in [0.25, 0.3) is 10.9 Å². The Morgan fingerprint density at radius 3 is 2.70 bits per heavy atom. The van der Waals surface area contributed by atoms with Crippen LogP contribution >= 0.6 is 0 Å². The zero-order chi connectivity index (χ0) is 14.8. The van der Waals surface area contributed by atoms with Crippen molar-refractivity contribution in [2.45, 2.75) is 6.54 Å². The monoisotopic (exact) mass is 297 g/mol. The Morgan fingerprint density at radius 1 is 1.30 bits per heavy atom. The second-order valence-corrected chi connectivity index (χ2v) is 6.29. The van der Waals surface area contributed by atoms with E-state index in [0.29, 0.717) is 10.9 Å². The summed E-state index contributed by atoms with van der Waals surface area (Å²) in [7, 11) is -0.662. The molecule has 0 aliphatic heterocycles. The highest BCUT2D eigenvalue weighted by Crippen LogP contribution is 2.03. The molecule has 0 aliphatic rings. The first-order valence-electron chi connectivity index (χ1n) is 5.91. The fourth-order valence-electron chi connectivity index (χ4n) is 1.58. The van der Waals surface area contributed by atoms with Crippen molar-refractivity contribution in [1.29, 1.82) is 0 Å². The number of nitrogens with zero attached hydrogens (tertiary/aromatic N) is 4. The van der Waals surface area contributed by atoms with E-state index < -0.39 is 10.2 Å². The predicted molar refractivity (Wildman–Crippen MR) is 74.4 cm³/mol. The van der Waals surface area contributed by atoms with Gasteiger partial charge < -0.3 is 0 Å². The zero-order valence-corrected chi connectivity index (χ0v) is 12.0. The van der Waals surface area contributed by atoms with E-state index in [9.17, 15) is 13.2 Å². The number of hydrogen-bond acceptors (Lipinski definition) is 5. The summed E-state index contributed by atoms with van der Waals surface area (Å²) in [4.78, 5) is 12.1. The van der Waals surface area contributed by atoms with Gasteiger partial charge in [0.1, 0.15) is 5.52 Å². The first-order chi connectivity index (χ1) is 9.42. The standard InChI is InChI=1S/C11H15N5O3S/c1-15(2)20(18,19)12-7-8-16-11(17)9-5-3-4-6-10(9)13-14-16/h3-6,12H,7-8H2,1-2H3.